The summed E-state index contributed by atoms with van der Waals surface area (Å²) >= 11 is 0. The maximum atomic E-state index is 9.79. The van der Waals surface area contributed by atoms with E-state index in [2.05, 4.69) is 0 Å². The third kappa shape index (κ3) is 17.7. The second-order valence-electron chi connectivity index (χ2n) is 1.64. The van der Waals surface area contributed by atoms with E-state index in [0.717, 1.165) is 0 Å². The zero-order valence-electron chi connectivity index (χ0n) is 5.83. The van der Waals surface area contributed by atoms with Gasteiger partial charge < -0.3 is 21.2 Å². The van der Waals surface area contributed by atoms with Crippen LogP contribution in [0.2, 0.25) is 0 Å². The van der Waals surface area contributed by atoms with Gasteiger partial charge in [0.1, 0.15) is 0 Å². The molecule has 0 saturated carbocycles. The van der Waals surface area contributed by atoms with Crippen LogP contribution < -0.4 is 0 Å². The van der Waals surface area contributed by atoms with Crippen LogP contribution in [-0.2, 0) is 9.59 Å². The Hall–Kier alpha value is -1.14. The van der Waals surface area contributed by atoms with Crippen molar-refractivity contribution in [2.75, 3.05) is 0 Å². The Bertz CT molecular complexity index is 106. The first-order valence-electron chi connectivity index (χ1n) is 2.56. The lowest BCUT2D eigenvalue weighted by molar-refractivity contribution is -0.138. The fourth-order valence-corrected chi connectivity index (χ4v) is 0.391. The quantitative estimate of drug-likeness (QED) is 0.537. The molecular weight excluding hydrogens is 156 g/mol. The lowest BCUT2D eigenvalue weighted by Crippen LogP contribution is -1.98. The summed E-state index contributed by atoms with van der Waals surface area (Å²) in [7, 11) is 0. The summed E-state index contributed by atoms with van der Waals surface area (Å²) in [5.74, 6) is -1.90. The molecular formula is C5H12O6. The van der Waals surface area contributed by atoms with E-state index in [1.54, 1.807) is 0 Å². The molecule has 0 bridgehead atoms. The number of aliphatic carboxylic acids is 2. The summed E-state index contributed by atoms with van der Waals surface area (Å²) < 4.78 is 0. The minimum absolute atomic E-state index is 0. The Morgan fingerprint density at radius 2 is 1.18 bits per heavy atom. The Kier molecular flexibility index (Phi) is 13.2. The van der Waals surface area contributed by atoms with Crippen LogP contribution in [0.5, 0.6) is 0 Å². The average Bonchev–Trinajstić information content (AvgIpc) is 1.63. The normalized spacial score (nSPS) is 7.27. The Morgan fingerprint density at radius 1 is 0.909 bits per heavy atom. The maximum absolute atomic E-state index is 9.79. The van der Waals surface area contributed by atoms with Gasteiger partial charge in [0.25, 0.3) is 0 Å². The summed E-state index contributed by atoms with van der Waals surface area (Å²) in [4.78, 5) is 19.6. The van der Waals surface area contributed by atoms with Gasteiger partial charge in [0.05, 0.1) is 0 Å². The SMILES string of the molecule is O.O.O=C(O)CCCC(=O)O. The third-order valence-electron chi connectivity index (χ3n) is 0.781. The molecule has 0 fully saturated rings. The summed E-state index contributed by atoms with van der Waals surface area (Å²) in [6.45, 7) is 0. The highest BCUT2D eigenvalue weighted by Gasteiger charge is 1.99. The van der Waals surface area contributed by atoms with Crippen LogP contribution in [0.4, 0.5) is 0 Å². The first kappa shape index (κ1) is 16.4. The second kappa shape index (κ2) is 8.86. The largest absolute Gasteiger partial charge is 0.481 e. The second-order valence-corrected chi connectivity index (χ2v) is 1.64. The van der Waals surface area contributed by atoms with Crippen molar-refractivity contribution >= 4 is 11.9 Å². The van der Waals surface area contributed by atoms with Crippen LogP contribution in [0.1, 0.15) is 19.3 Å². The zero-order chi connectivity index (χ0) is 7.28. The van der Waals surface area contributed by atoms with Gasteiger partial charge in [-0.3, -0.25) is 9.59 Å². The van der Waals surface area contributed by atoms with Crippen LogP contribution in [0.3, 0.4) is 0 Å². The van der Waals surface area contributed by atoms with E-state index >= 15 is 0 Å². The van der Waals surface area contributed by atoms with Crippen molar-refractivity contribution in [1.29, 1.82) is 0 Å². The molecule has 0 unspecified atom stereocenters. The summed E-state index contributed by atoms with van der Waals surface area (Å²) in [6.07, 6.45) is 0.0866. The van der Waals surface area contributed by atoms with E-state index < -0.39 is 11.9 Å². The van der Waals surface area contributed by atoms with E-state index in [-0.39, 0.29) is 30.2 Å². The van der Waals surface area contributed by atoms with E-state index in [1.165, 1.54) is 0 Å². The van der Waals surface area contributed by atoms with Crippen molar-refractivity contribution < 1.29 is 30.8 Å². The number of carboxylic acids is 2. The van der Waals surface area contributed by atoms with Crippen LogP contribution >= 0.6 is 0 Å². The average molecular weight is 168 g/mol. The van der Waals surface area contributed by atoms with Gasteiger partial charge in [-0.2, -0.15) is 0 Å². The topological polar surface area (TPSA) is 138 Å². The first-order chi connectivity index (χ1) is 4.13. The Labute approximate surface area is 63.1 Å². The number of rotatable bonds is 4. The fraction of sp³-hybridized carbons (Fsp3) is 0.600. The van der Waals surface area contributed by atoms with Crippen LogP contribution in [0.25, 0.3) is 0 Å². The standard InChI is InChI=1S/C5H8O4.2H2O/c6-4(7)2-1-3-5(8)9;;/h1-3H2,(H,6,7)(H,8,9);2*1H2. The molecule has 6 heteroatoms. The van der Waals surface area contributed by atoms with Gasteiger partial charge in [0.15, 0.2) is 0 Å². The van der Waals surface area contributed by atoms with Crippen molar-refractivity contribution in [2.24, 2.45) is 0 Å². The molecule has 0 aliphatic carbocycles. The van der Waals surface area contributed by atoms with Gasteiger partial charge in [0, 0.05) is 12.8 Å². The molecule has 0 radical (unpaired) electrons. The lowest BCUT2D eigenvalue weighted by atomic mass is 10.2. The van der Waals surface area contributed by atoms with E-state index in [1.807, 2.05) is 0 Å². The number of carboxylic acid groups (broad SMARTS) is 2. The predicted molar refractivity (Wildman–Crippen MR) is 36.4 cm³/mol. The molecule has 0 aliphatic rings. The minimum Gasteiger partial charge on any atom is -0.481 e. The zero-order valence-corrected chi connectivity index (χ0v) is 5.83. The van der Waals surface area contributed by atoms with Crippen molar-refractivity contribution in [3.63, 3.8) is 0 Å². The maximum Gasteiger partial charge on any atom is 0.303 e. The Balaban J connectivity index is -0.000000320. The summed E-state index contributed by atoms with van der Waals surface area (Å²) in [6, 6.07) is 0. The van der Waals surface area contributed by atoms with E-state index in [4.69, 9.17) is 10.2 Å². The van der Waals surface area contributed by atoms with Crippen molar-refractivity contribution in [2.45, 2.75) is 19.3 Å². The van der Waals surface area contributed by atoms with Crippen molar-refractivity contribution in [1.82, 2.24) is 0 Å². The lowest BCUT2D eigenvalue weighted by Gasteiger charge is -1.89. The molecule has 6 N–H and O–H groups in total. The monoisotopic (exact) mass is 168 g/mol. The number of hydrogen-bond donors (Lipinski definition) is 2. The highest BCUT2D eigenvalue weighted by atomic mass is 16.4. The first-order valence-corrected chi connectivity index (χ1v) is 2.56. The molecule has 6 nitrogen and oxygen atoms in total. The number of hydrogen-bond acceptors (Lipinski definition) is 2. The van der Waals surface area contributed by atoms with E-state index in [9.17, 15) is 9.59 Å². The minimum atomic E-state index is -0.948. The van der Waals surface area contributed by atoms with Gasteiger partial charge in [-0.1, -0.05) is 0 Å². The molecule has 0 aromatic rings. The summed E-state index contributed by atoms with van der Waals surface area (Å²) in [5, 5.41) is 16.1. The van der Waals surface area contributed by atoms with Gasteiger partial charge in [-0.15, -0.1) is 0 Å². The molecule has 0 aliphatic heterocycles. The molecule has 0 saturated heterocycles. The Morgan fingerprint density at radius 3 is 1.36 bits per heavy atom. The van der Waals surface area contributed by atoms with Gasteiger partial charge >= 0.3 is 11.9 Å². The van der Waals surface area contributed by atoms with Crippen LogP contribution in [-0.4, -0.2) is 33.1 Å². The third-order valence-corrected chi connectivity index (χ3v) is 0.781. The molecule has 0 rings (SSSR count). The van der Waals surface area contributed by atoms with Gasteiger partial charge in [-0.25, -0.2) is 0 Å². The molecule has 0 atom stereocenters. The molecule has 0 aromatic carbocycles. The van der Waals surface area contributed by atoms with Gasteiger partial charge in [0.2, 0.25) is 0 Å². The number of carbonyl (C=O) groups is 2. The van der Waals surface area contributed by atoms with Crippen molar-refractivity contribution in [3.8, 4) is 0 Å². The smallest absolute Gasteiger partial charge is 0.303 e. The van der Waals surface area contributed by atoms with Crippen molar-refractivity contribution in [3.05, 3.63) is 0 Å². The molecule has 0 spiro atoms. The highest BCUT2D eigenvalue weighted by Crippen LogP contribution is 1.93. The molecule has 0 aromatic heterocycles. The van der Waals surface area contributed by atoms with Crippen LogP contribution in [0.15, 0.2) is 0 Å². The molecule has 0 amide bonds. The van der Waals surface area contributed by atoms with Crippen LogP contribution in [0, 0.1) is 0 Å². The molecule has 0 heterocycles. The molecule has 68 valence electrons. The fourth-order valence-electron chi connectivity index (χ4n) is 0.391. The van der Waals surface area contributed by atoms with Gasteiger partial charge in [-0.05, 0) is 6.42 Å². The van der Waals surface area contributed by atoms with E-state index in [0.29, 0.717) is 0 Å². The predicted octanol–water partition coefficient (Wildman–Crippen LogP) is -1.32. The molecule has 11 heavy (non-hydrogen) atoms. The highest BCUT2D eigenvalue weighted by molar-refractivity contribution is 5.69. The summed E-state index contributed by atoms with van der Waals surface area (Å²) in [5.41, 5.74) is 0.